The van der Waals surface area contributed by atoms with Gasteiger partial charge in [0.05, 0.1) is 47.5 Å². The second-order valence-electron chi connectivity index (χ2n) is 11.6. The SMILES string of the molecule is CC12OC(CCOc3cccc(N4CCCC4=O)c3)(CC1O)C1C(=O)N(c3ccc(C#N)c4ccccc34)C(=O)C12. The van der Waals surface area contributed by atoms with Crippen molar-refractivity contribution in [3.05, 3.63) is 66.2 Å². The lowest BCUT2D eigenvalue weighted by Crippen LogP contribution is -2.49. The van der Waals surface area contributed by atoms with Crippen molar-refractivity contribution < 1.29 is 29.0 Å². The molecule has 0 radical (unpaired) electrons. The minimum absolute atomic E-state index is 0.0923. The molecule has 0 saturated carbocycles. The summed E-state index contributed by atoms with van der Waals surface area (Å²) in [5, 5.41) is 22.0. The molecular formula is C32H29N3O6. The van der Waals surface area contributed by atoms with Gasteiger partial charge in [-0.3, -0.25) is 14.4 Å². The van der Waals surface area contributed by atoms with Gasteiger partial charge in [-0.25, -0.2) is 4.90 Å². The molecule has 41 heavy (non-hydrogen) atoms. The maximum atomic E-state index is 14.1. The van der Waals surface area contributed by atoms with E-state index in [1.54, 1.807) is 36.1 Å². The zero-order chi connectivity index (χ0) is 28.5. The quantitative estimate of drug-likeness (QED) is 0.464. The molecule has 0 aliphatic carbocycles. The maximum Gasteiger partial charge on any atom is 0.240 e. The number of carbonyl (C=O) groups excluding carboxylic acids is 3. The molecule has 3 amide bonds. The van der Waals surface area contributed by atoms with Gasteiger partial charge in [0.2, 0.25) is 17.7 Å². The highest BCUT2D eigenvalue weighted by atomic mass is 16.6. The van der Waals surface area contributed by atoms with Crippen molar-refractivity contribution in [3.63, 3.8) is 0 Å². The lowest BCUT2D eigenvalue weighted by Gasteiger charge is -2.33. The average Bonchev–Trinajstić information content (AvgIpc) is 3.66. The summed E-state index contributed by atoms with van der Waals surface area (Å²) >= 11 is 0. The van der Waals surface area contributed by atoms with Crippen LogP contribution in [0.5, 0.6) is 5.75 Å². The van der Waals surface area contributed by atoms with Crippen molar-refractivity contribution in [1.82, 2.24) is 0 Å². The van der Waals surface area contributed by atoms with Gasteiger partial charge < -0.3 is 19.5 Å². The lowest BCUT2D eigenvalue weighted by atomic mass is 9.66. The van der Waals surface area contributed by atoms with Gasteiger partial charge in [0.1, 0.15) is 11.4 Å². The fourth-order valence-electron chi connectivity index (χ4n) is 7.44. The first-order chi connectivity index (χ1) is 19.8. The summed E-state index contributed by atoms with van der Waals surface area (Å²) in [6.45, 7) is 2.59. The van der Waals surface area contributed by atoms with Crippen LogP contribution in [0.4, 0.5) is 11.4 Å². The summed E-state index contributed by atoms with van der Waals surface area (Å²) in [6.07, 6.45) is 0.973. The van der Waals surface area contributed by atoms with E-state index in [-0.39, 0.29) is 24.8 Å². The Morgan fingerprint density at radius 1 is 1.05 bits per heavy atom. The third-order valence-corrected chi connectivity index (χ3v) is 9.37. The van der Waals surface area contributed by atoms with Gasteiger partial charge in [-0.15, -0.1) is 0 Å². The third kappa shape index (κ3) is 3.64. The van der Waals surface area contributed by atoms with Crippen molar-refractivity contribution in [1.29, 1.82) is 5.26 Å². The van der Waals surface area contributed by atoms with E-state index in [1.807, 2.05) is 36.4 Å². The molecule has 3 aromatic rings. The number of imide groups is 1. The molecule has 4 saturated heterocycles. The predicted molar refractivity (Wildman–Crippen MR) is 149 cm³/mol. The van der Waals surface area contributed by atoms with Crippen LogP contribution >= 0.6 is 0 Å². The van der Waals surface area contributed by atoms with Gasteiger partial charge in [0, 0.05) is 48.3 Å². The predicted octanol–water partition coefficient (Wildman–Crippen LogP) is 3.71. The first-order valence-electron chi connectivity index (χ1n) is 14.0. The van der Waals surface area contributed by atoms with Gasteiger partial charge in [0.25, 0.3) is 0 Å². The molecule has 1 N–H and O–H groups in total. The second kappa shape index (κ2) is 9.13. The van der Waals surface area contributed by atoms with E-state index in [2.05, 4.69) is 6.07 Å². The molecule has 0 aromatic heterocycles. The van der Waals surface area contributed by atoms with E-state index in [0.29, 0.717) is 47.2 Å². The standard InChI is InChI=1S/C32H29N3O6/c1-31-25(36)17-32(41-31,13-15-40-21-7-4-6-20(16-21)34-14-5-10-26(34)37)28-27(31)29(38)35(30(28)39)24-12-11-19(18-33)22-8-2-3-9-23(22)24/h2-4,6-9,11-12,16,25,27-28,36H,5,10,13-15,17H2,1H3. The van der Waals surface area contributed by atoms with E-state index in [1.165, 1.54) is 4.90 Å². The van der Waals surface area contributed by atoms with E-state index in [9.17, 15) is 24.8 Å². The number of carbonyl (C=O) groups is 3. The smallest absolute Gasteiger partial charge is 0.240 e. The van der Waals surface area contributed by atoms with Crippen LogP contribution in [-0.4, -0.2) is 53.3 Å². The largest absolute Gasteiger partial charge is 0.493 e. The van der Waals surface area contributed by atoms with Crippen molar-refractivity contribution >= 4 is 39.9 Å². The van der Waals surface area contributed by atoms with Crippen LogP contribution in [0.3, 0.4) is 0 Å². The molecule has 4 heterocycles. The van der Waals surface area contributed by atoms with E-state index in [4.69, 9.17) is 9.47 Å². The number of hydrogen-bond donors (Lipinski definition) is 1. The van der Waals surface area contributed by atoms with Crippen LogP contribution in [0, 0.1) is 23.2 Å². The van der Waals surface area contributed by atoms with Crippen LogP contribution < -0.4 is 14.5 Å². The number of aliphatic hydroxyl groups is 1. The fourth-order valence-corrected chi connectivity index (χ4v) is 7.44. The van der Waals surface area contributed by atoms with Gasteiger partial charge in [-0.05, 0) is 37.6 Å². The highest BCUT2D eigenvalue weighted by Crippen LogP contribution is 2.62. The van der Waals surface area contributed by atoms with Gasteiger partial charge in [0.15, 0.2) is 0 Å². The molecule has 208 valence electrons. The zero-order valence-corrected chi connectivity index (χ0v) is 22.6. The summed E-state index contributed by atoms with van der Waals surface area (Å²) in [5.74, 6) is -1.68. The number of anilines is 2. The van der Waals surface area contributed by atoms with E-state index < -0.39 is 35.0 Å². The first-order valence-corrected chi connectivity index (χ1v) is 14.0. The number of nitriles is 1. The molecule has 9 nitrogen and oxygen atoms in total. The topological polar surface area (TPSA) is 120 Å². The van der Waals surface area contributed by atoms with Crippen LogP contribution in [0.25, 0.3) is 10.8 Å². The van der Waals surface area contributed by atoms with E-state index >= 15 is 0 Å². The average molecular weight is 552 g/mol. The normalized spacial score (nSPS) is 30.4. The number of hydrogen-bond acceptors (Lipinski definition) is 7. The Balaban J connectivity index is 1.17. The Labute approximate surface area is 236 Å². The molecule has 4 aliphatic rings. The number of benzene rings is 3. The molecule has 5 unspecified atom stereocenters. The minimum Gasteiger partial charge on any atom is -0.493 e. The van der Waals surface area contributed by atoms with E-state index in [0.717, 1.165) is 12.1 Å². The number of aliphatic hydroxyl groups excluding tert-OH is 1. The van der Waals surface area contributed by atoms with Crippen LogP contribution in [0.15, 0.2) is 60.7 Å². The number of ether oxygens (including phenoxy) is 2. The van der Waals surface area contributed by atoms with Gasteiger partial charge in [-0.2, -0.15) is 5.26 Å². The third-order valence-electron chi connectivity index (χ3n) is 9.37. The highest BCUT2D eigenvalue weighted by molar-refractivity contribution is 6.26. The first kappa shape index (κ1) is 25.7. The molecule has 3 aromatic carbocycles. The lowest BCUT2D eigenvalue weighted by molar-refractivity contribution is -0.134. The van der Waals surface area contributed by atoms with Gasteiger partial charge in [-0.1, -0.05) is 30.3 Å². The van der Waals surface area contributed by atoms with Crippen molar-refractivity contribution in [2.45, 2.75) is 49.9 Å². The number of amides is 3. The zero-order valence-electron chi connectivity index (χ0n) is 22.6. The van der Waals surface area contributed by atoms with Gasteiger partial charge >= 0.3 is 0 Å². The second-order valence-corrected chi connectivity index (χ2v) is 11.6. The summed E-state index contributed by atoms with van der Waals surface area (Å²) in [7, 11) is 0. The van der Waals surface area contributed by atoms with Crippen LogP contribution in [0.2, 0.25) is 0 Å². The van der Waals surface area contributed by atoms with Crippen molar-refractivity contribution in [3.8, 4) is 11.8 Å². The van der Waals surface area contributed by atoms with Crippen LogP contribution in [-0.2, 0) is 19.1 Å². The molecule has 9 heteroatoms. The molecule has 4 aliphatic heterocycles. The molecule has 7 rings (SSSR count). The Kier molecular flexibility index (Phi) is 5.72. The number of rotatable bonds is 6. The maximum absolute atomic E-state index is 14.1. The van der Waals surface area contributed by atoms with Crippen molar-refractivity contribution in [2.75, 3.05) is 23.0 Å². The molecular weight excluding hydrogens is 522 g/mol. The highest BCUT2D eigenvalue weighted by Gasteiger charge is 2.77. The molecule has 4 fully saturated rings. The van der Waals surface area contributed by atoms with Crippen molar-refractivity contribution in [2.24, 2.45) is 11.8 Å². The monoisotopic (exact) mass is 551 g/mol. The Bertz CT molecular complexity index is 1660. The minimum atomic E-state index is -1.20. The summed E-state index contributed by atoms with van der Waals surface area (Å²) in [4.78, 5) is 43.2. The Morgan fingerprint density at radius 3 is 2.59 bits per heavy atom. The molecule has 2 bridgehead atoms. The molecule has 0 spiro atoms. The number of nitrogens with zero attached hydrogens (tertiary/aromatic N) is 3. The fraction of sp³-hybridized carbons (Fsp3) is 0.375. The van der Waals surface area contributed by atoms with Crippen LogP contribution in [0.1, 0.15) is 38.2 Å². The summed E-state index contributed by atoms with van der Waals surface area (Å²) in [5.41, 5.74) is -0.594. The number of fused-ring (bicyclic) bond motifs is 6. The molecule has 5 atom stereocenters. The Morgan fingerprint density at radius 2 is 1.83 bits per heavy atom. The summed E-state index contributed by atoms with van der Waals surface area (Å²) < 4.78 is 12.5. The Hall–Kier alpha value is -4.26. The summed E-state index contributed by atoms with van der Waals surface area (Å²) in [6, 6.07) is 20.0.